The van der Waals surface area contributed by atoms with Gasteiger partial charge in [0.2, 0.25) is 0 Å². The number of piperazine rings is 1. The van der Waals surface area contributed by atoms with E-state index < -0.39 is 4.92 Å². The molecule has 1 N–H and O–H groups in total. The van der Waals surface area contributed by atoms with Crippen molar-refractivity contribution in [2.45, 2.75) is 19.4 Å². The van der Waals surface area contributed by atoms with Crippen LogP contribution < -0.4 is 10.1 Å². The molecular formula is C20H24ClN3O4. The van der Waals surface area contributed by atoms with Crippen molar-refractivity contribution in [2.75, 3.05) is 26.2 Å². The maximum atomic E-state index is 12.7. The Morgan fingerprint density at radius 3 is 2.50 bits per heavy atom. The summed E-state index contributed by atoms with van der Waals surface area (Å²) in [5.74, 6) is 0.340. The molecule has 1 aliphatic heterocycles. The molecule has 1 amide bonds. The monoisotopic (exact) mass is 405 g/mol. The summed E-state index contributed by atoms with van der Waals surface area (Å²) in [5, 5.41) is 14.0. The van der Waals surface area contributed by atoms with Crippen LogP contribution in [0, 0.1) is 10.1 Å². The number of amides is 1. The first kappa shape index (κ1) is 21.7. The highest BCUT2D eigenvalue weighted by Gasteiger charge is 2.28. The van der Waals surface area contributed by atoms with Crippen molar-refractivity contribution in [3.05, 3.63) is 69.8 Å². The van der Waals surface area contributed by atoms with Crippen LogP contribution >= 0.6 is 12.4 Å². The lowest BCUT2D eigenvalue weighted by atomic mass is 10.0. The molecular weight excluding hydrogens is 382 g/mol. The Balaban J connectivity index is 0.00000280. The molecule has 1 atom stereocenters. The highest BCUT2D eigenvalue weighted by atomic mass is 35.5. The number of hydrogen-bond donors (Lipinski definition) is 1. The largest absolute Gasteiger partial charge is 0.484 e. The lowest BCUT2D eigenvalue weighted by Gasteiger charge is -2.36. The minimum Gasteiger partial charge on any atom is -0.484 e. The Labute approximate surface area is 170 Å². The lowest BCUT2D eigenvalue weighted by Crippen LogP contribution is -2.50. The summed E-state index contributed by atoms with van der Waals surface area (Å²) in [6.45, 7) is 4.08. The van der Waals surface area contributed by atoms with Gasteiger partial charge in [-0.15, -0.1) is 12.4 Å². The van der Waals surface area contributed by atoms with Gasteiger partial charge >= 0.3 is 0 Å². The van der Waals surface area contributed by atoms with Crippen LogP contribution in [0.15, 0.2) is 48.5 Å². The molecule has 0 aromatic heterocycles. The third-order valence-electron chi connectivity index (χ3n) is 4.75. The van der Waals surface area contributed by atoms with Crippen molar-refractivity contribution in [2.24, 2.45) is 0 Å². The molecule has 3 rings (SSSR count). The number of ether oxygens (including phenoxy) is 1. The van der Waals surface area contributed by atoms with Gasteiger partial charge in [0, 0.05) is 31.8 Å². The number of nitrogens with zero attached hydrogens (tertiary/aromatic N) is 2. The molecule has 1 heterocycles. The summed E-state index contributed by atoms with van der Waals surface area (Å²) in [4.78, 5) is 24.8. The number of hydrogen-bond acceptors (Lipinski definition) is 5. The van der Waals surface area contributed by atoms with E-state index in [0.29, 0.717) is 18.8 Å². The van der Waals surface area contributed by atoms with Crippen LogP contribution in [0.4, 0.5) is 5.69 Å². The number of aryl methyl sites for hydroxylation is 1. The first-order valence-electron chi connectivity index (χ1n) is 9.04. The molecule has 1 aliphatic rings. The zero-order chi connectivity index (χ0) is 19.2. The lowest BCUT2D eigenvalue weighted by molar-refractivity contribution is -0.384. The van der Waals surface area contributed by atoms with Gasteiger partial charge in [-0.1, -0.05) is 31.2 Å². The molecule has 150 valence electrons. The number of nitro groups is 1. The first-order chi connectivity index (χ1) is 13.1. The van der Waals surface area contributed by atoms with E-state index in [1.165, 1.54) is 29.8 Å². The van der Waals surface area contributed by atoms with E-state index in [9.17, 15) is 14.9 Å². The maximum Gasteiger partial charge on any atom is 0.269 e. The van der Waals surface area contributed by atoms with E-state index in [4.69, 9.17) is 4.74 Å². The van der Waals surface area contributed by atoms with Crippen LogP contribution in [-0.2, 0) is 11.2 Å². The topological polar surface area (TPSA) is 84.7 Å². The second kappa shape index (κ2) is 10.1. The molecule has 1 saturated heterocycles. The highest BCUT2D eigenvalue weighted by Crippen LogP contribution is 2.23. The van der Waals surface area contributed by atoms with E-state index in [1.807, 2.05) is 4.90 Å². The standard InChI is InChI=1S/C20H23N3O4.ClH/c1-2-15-3-5-16(6-4-15)19-13-21-11-12-22(19)20(24)14-27-18-9-7-17(8-10-18)23(25)26;/h3-10,19,21H,2,11-14H2,1H3;1H. The molecule has 1 fully saturated rings. The van der Waals surface area contributed by atoms with E-state index in [1.54, 1.807) is 0 Å². The fraction of sp³-hybridized carbons (Fsp3) is 0.350. The third-order valence-corrected chi connectivity index (χ3v) is 4.75. The van der Waals surface area contributed by atoms with Gasteiger partial charge in [-0.05, 0) is 29.7 Å². The molecule has 7 nitrogen and oxygen atoms in total. The van der Waals surface area contributed by atoms with Crippen LogP contribution in [0.25, 0.3) is 0 Å². The Kier molecular flexibility index (Phi) is 7.78. The number of carbonyl (C=O) groups excluding carboxylic acids is 1. The molecule has 8 heteroatoms. The van der Waals surface area contributed by atoms with Gasteiger partial charge in [0.15, 0.2) is 6.61 Å². The van der Waals surface area contributed by atoms with Crippen molar-refractivity contribution in [3.8, 4) is 5.75 Å². The molecule has 0 spiro atoms. The van der Waals surface area contributed by atoms with Crippen LogP contribution in [-0.4, -0.2) is 42.0 Å². The SMILES string of the molecule is CCc1ccc(C2CNCCN2C(=O)COc2ccc([N+](=O)[O-])cc2)cc1.Cl. The summed E-state index contributed by atoms with van der Waals surface area (Å²) in [6, 6.07) is 14.1. The van der Waals surface area contributed by atoms with Gasteiger partial charge in [-0.2, -0.15) is 0 Å². The summed E-state index contributed by atoms with van der Waals surface area (Å²) < 4.78 is 5.54. The van der Waals surface area contributed by atoms with Gasteiger partial charge < -0.3 is 15.0 Å². The van der Waals surface area contributed by atoms with Crippen molar-refractivity contribution in [1.29, 1.82) is 0 Å². The van der Waals surface area contributed by atoms with Gasteiger partial charge in [-0.3, -0.25) is 14.9 Å². The summed E-state index contributed by atoms with van der Waals surface area (Å²) in [5.41, 5.74) is 2.36. The van der Waals surface area contributed by atoms with Crippen molar-refractivity contribution < 1.29 is 14.5 Å². The highest BCUT2D eigenvalue weighted by molar-refractivity contribution is 5.85. The number of nitro benzene ring substituents is 1. The van der Waals surface area contributed by atoms with E-state index >= 15 is 0 Å². The second-order valence-electron chi connectivity index (χ2n) is 6.44. The average molecular weight is 406 g/mol. The number of nitrogens with one attached hydrogen (secondary N) is 1. The summed E-state index contributed by atoms with van der Waals surface area (Å²) >= 11 is 0. The predicted molar refractivity (Wildman–Crippen MR) is 109 cm³/mol. The quantitative estimate of drug-likeness (QED) is 0.589. The number of non-ortho nitro benzene ring substituents is 1. The van der Waals surface area contributed by atoms with Crippen molar-refractivity contribution >= 4 is 24.0 Å². The molecule has 0 aliphatic carbocycles. The normalized spacial score (nSPS) is 16.2. The number of benzene rings is 2. The van der Waals surface area contributed by atoms with E-state index in [0.717, 1.165) is 18.5 Å². The maximum absolute atomic E-state index is 12.7. The summed E-state index contributed by atoms with van der Waals surface area (Å²) in [6.07, 6.45) is 0.981. The van der Waals surface area contributed by atoms with Crippen LogP contribution in [0.1, 0.15) is 24.1 Å². The Morgan fingerprint density at radius 2 is 1.89 bits per heavy atom. The predicted octanol–water partition coefficient (Wildman–Crippen LogP) is 3.13. The second-order valence-corrected chi connectivity index (χ2v) is 6.44. The summed E-state index contributed by atoms with van der Waals surface area (Å²) in [7, 11) is 0. The van der Waals surface area contributed by atoms with Crippen LogP contribution in [0.3, 0.4) is 0 Å². The molecule has 28 heavy (non-hydrogen) atoms. The minimum absolute atomic E-state index is 0. The molecule has 2 aromatic rings. The fourth-order valence-electron chi connectivity index (χ4n) is 3.17. The van der Waals surface area contributed by atoms with Crippen LogP contribution in [0.2, 0.25) is 0 Å². The van der Waals surface area contributed by atoms with Gasteiger partial charge in [0.25, 0.3) is 11.6 Å². The molecule has 0 bridgehead atoms. The van der Waals surface area contributed by atoms with E-state index in [2.05, 4.69) is 36.5 Å². The molecule has 2 aromatic carbocycles. The van der Waals surface area contributed by atoms with Gasteiger partial charge in [-0.25, -0.2) is 0 Å². The van der Waals surface area contributed by atoms with Gasteiger partial charge in [0.05, 0.1) is 11.0 Å². The Bertz CT molecular complexity index is 796. The van der Waals surface area contributed by atoms with E-state index in [-0.39, 0.29) is 36.7 Å². The minimum atomic E-state index is -0.468. The average Bonchev–Trinajstić information content (AvgIpc) is 2.72. The number of halogens is 1. The number of carbonyl (C=O) groups is 1. The Morgan fingerprint density at radius 1 is 1.21 bits per heavy atom. The van der Waals surface area contributed by atoms with Crippen molar-refractivity contribution in [1.82, 2.24) is 10.2 Å². The van der Waals surface area contributed by atoms with Crippen molar-refractivity contribution in [3.63, 3.8) is 0 Å². The van der Waals surface area contributed by atoms with Gasteiger partial charge in [0.1, 0.15) is 5.75 Å². The molecule has 0 saturated carbocycles. The fourth-order valence-corrected chi connectivity index (χ4v) is 3.17. The smallest absolute Gasteiger partial charge is 0.269 e. The van der Waals surface area contributed by atoms with Crippen LogP contribution in [0.5, 0.6) is 5.75 Å². The zero-order valence-corrected chi connectivity index (χ0v) is 16.5. The molecule has 0 radical (unpaired) electrons. The Hall–Kier alpha value is -2.64. The number of rotatable bonds is 6. The third kappa shape index (κ3) is 5.21. The molecule has 1 unspecified atom stereocenters. The zero-order valence-electron chi connectivity index (χ0n) is 15.7. The first-order valence-corrected chi connectivity index (χ1v) is 9.04.